The average Bonchev–Trinajstić information content (AvgIpc) is 2.66. The molecule has 0 bridgehead atoms. The van der Waals surface area contributed by atoms with Gasteiger partial charge in [-0.3, -0.25) is 0 Å². The van der Waals surface area contributed by atoms with Gasteiger partial charge in [0, 0.05) is 6.07 Å². The number of carbonyl (C=O) groups excluding carboxylic acids is 1. The van der Waals surface area contributed by atoms with Gasteiger partial charge in [-0.05, 0) is 6.42 Å². The molecule has 14 heavy (non-hydrogen) atoms. The molecule has 0 aliphatic rings. The zero-order chi connectivity index (χ0) is 10.4. The normalized spacial score (nSPS) is 12.4. The molecular formula is C10H14O4. The van der Waals surface area contributed by atoms with E-state index in [1.807, 2.05) is 6.92 Å². The molecular weight excluding hydrogens is 184 g/mol. The molecule has 78 valence electrons. The first-order chi connectivity index (χ1) is 6.74. The molecule has 1 rings (SSSR count). The van der Waals surface area contributed by atoms with Crippen LogP contribution in [0.25, 0.3) is 0 Å². The number of aliphatic hydroxyl groups is 1. The predicted molar refractivity (Wildman–Crippen MR) is 49.9 cm³/mol. The summed E-state index contributed by atoms with van der Waals surface area (Å²) >= 11 is 0. The molecule has 1 atom stereocenters. The lowest BCUT2D eigenvalue weighted by Crippen LogP contribution is -2.25. The van der Waals surface area contributed by atoms with E-state index in [1.54, 1.807) is 0 Å². The van der Waals surface area contributed by atoms with Gasteiger partial charge in [-0.2, -0.15) is 0 Å². The van der Waals surface area contributed by atoms with Gasteiger partial charge in [0.1, 0.15) is 6.26 Å². The van der Waals surface area contributed by atoms with Crippen molar-refractivity contribution in [3.05, 3.63) is 18.6 Å². The number of unbranched alkanes of at least 4 members (excludes halogenated alkanes) is 1. The summed E-state index contributed by atoms with van der Waals surface area (Å²) in [5.74, 6) is -0.301. The SMILES string of the molecule is CCCCC(O)C(=O)Oc1ccoc1. The summed E-state index contributed by atoms with van der Waals surface area (Å²) in [6.07, 6.45) is 3.86. The van der Waals surface area contributed by atoms with E-state index < -0.39 is 12.1 Å². The Kier molecular flexibility index (Phi) is 4.19. The Morgan fingerprint density at radius 1 is 1.71 bits per heavy atom. The lowest BCUT2D eigenvalue weighted by molar-refractivity contribution is -0.144. The number of rotatable bonds is 5. The highest BCUT2D eigenvalue weighted by atomic mass is 16.6. The fourth-order valence-electron chi connectivity index (χ4n) is 1.01. The number of hydrogen-bond acceptors (Lipinski definition) is 4. The number of esters is 1. The maximum Gasteiger partial charge on any atom is 0.340 e. The second kappa shape index (κ2) is 5.44. The lowest BCUT2D eigenvalue weighted by atomic mass is 10.2. The van der Waals surface area contributed by atoms with Crippen LogP contribution < -0.4 is 4.74 Å². The molecule has 0 saturated carbocycles. The van der Waals surface area contributed by atoms with Crippen LogP contribution in [0.1, 0.15) is 26.2 Å². The number of ether oxygens (including phenoxy) is 1. The van der Waals surface area contributed by atoms with Gasteiger partial charge in [0.15, 0.2) is 11.9 Å². The molecule has 0 aliphatic carbocycles. The van der Waals surface area contributed by atoms with E-state index in [9.17, 15) is 9.90 Å². The Balaban J connectivity index is 2.34. The van der Waals surface area contributed by atoms with Gasteiger partial charge in [0.2, 0.25) is 0 Å². The molecule has 1 N–H and O–H groups in total. The summed E-state index contributed by atoms with van der Waals surface area (Å²) in [5.41, 5.74) is 0. The molecule has 1 aromatic heterocycles. The second-order valence-electron chi connectivity index (χ2n) is 3.04. The van der Waals surface area contributed by atoms with Gasteiger partial charge in [-0.1, -0.05) is 19.8 Å². The number of hydrogen-bond donors (Lipinski definition) is 1. The van der Waals surface area contributed by atoms with Crippen molar-refractivity contribution in [2.75, 3.05) is 0 Å². The molecule has 1 aromatic rings. The first-order valence-corrected chi connectivity index (χ1v) is 4.66. The van der Waals surface area contributed by atoms with Crippen LogP contribution in [-0.2, 0) is 4.79 Å². The highest BCUT2D eigenvalue weighted by Crippen LogP contribution is 2.12. The van der Waals surface area contributed by atoms with Crippen molar-refractivity contribution in [1.82, 2.24) is 0 Å². The Labute approximate surface area is 82.5 Å². The molecule has 1 unspecified atom stereocenters. The minimum absolute atomic E-state index is 0.325. The van der Waals surface area contributed by atoms with E-state index in [1.165, 1.54) is 18.6 Å². The van der Waals surface area contributed by atoms with Crippen molar-refractivity contribution >= 4 is 5.97 Å². The molecule has 4 heteroatoms. The standard InChI is InChI=1S/C10H14O4/c1-2-3-4-9(11)10(12)14-8-5-6-13-7-8/h5-7,9,11H,2-4H2,1H3. The second-order valence-corrected chi connectivity index (χ2v) is 3.04. The summed E-state index contributed by atoms with van der Waals surface area (Å²) in [5, 5.41) is 9.34. The fraction of sp³-hybridized carbons (Fsp3) is 0.500. The van der Waals surface area contributed by atoms with Crippen molar-refractivity contribution in [2.45, 2.75) is 32.3 Å². The summed E-state index contributed by atoms with van der Waals surface area (Å²) in [6.45, 7) is 1.99. The molecule has 0 aromatic carbocycles. The largest absolute Gasteiger partial charge is 0.469 e. The van der Waals surface area contributed by atoms with E-state index in [0.29, 0.717) is 12.2 Å². The number of aliphatic hydroxyl groups excluding tert-OH is 1. The Morgan fingerprint density at radius 2 is 2.50 bits per heavy atom. The van der Waals surface area contributed by atoms with Crippen LogP contribution in [0.2, 0.25) is 0 Å². The molecule has 0 fully saturated rings. The summed E-state index contributed by atoms with van der Waals surface area (Å²) < 4.78 is 9.55. The molecule has 0 saturated heterocycles. The maximum absolute atomic E-state index is 11.2. The number of furan rings is 1. The van der Waals surface area contributed by atoms with Crippen molar-refractivity contribution in [3.63, 3.8) is 0 Å². The predicted octanol–water partition coefficient (Wildman–Crippen LogP) is 1.74. The van der Waals surface area contributed by atoms with E-state index >= 15 is 0 Å². The quantitative estimate of drug-likeness (QED) is 0.732. The topological polar surface area (TPSA) is 59.7 Å². The van der Waals surface area contributed by atoms with E-state index in [-0.39, 0.29) is 0 Å². The minimum atomic E-state index is -1.04. The Bertz CT molecular complexity index is 266. The Morgan fingerprint density at radius 3 is 3.07 bits per heavy atom. The zero-order valence-electron chi connectivity index (χ0n) is 8.10. The fourth-order valence-corrected chi connectivity index (χ4v) is 1.01. The monoisotopic (exact) mass is 198 g/mol. The zero-order valence-corrected chi connectivity index (χ0v) is 8.10. The van der Waals surface area contributed by atoms with Crippen LogP contribution in [0.3, 0.4) is 0 Å². The molecule has 0 spiro atoms. The van der Waals surface area contributed by atoms with E-state index in [0.717, 1.165) is 12.8 Å². The van der Waals surface area contributed by atoms with Crippen LogP contribution in [0.5, 0.6) is 5.75 Å². The minimum Gasteiger partial charge on any atom is -0.469 e. The summed E-state index contributed by atoms with van der Waals surface area (Å²) in [4.78, 5) is 11.2. The summed E-state index contributed by atoms with van der Waals surface area (Å²) in [6, 6.07) is 1.52. The average molecular weight is 198 g/mol. The van der Waals surface area contributed by atoms with Gasteiger partial charge in [0.25, 0.3) is 0 Å². The van der Waals surface area contributed by atoms with Crippen molar-refractivity contribution in [1.29, 1.82) is 0 Å². The highest BCUT2D eigenvalue weighted by molar-refractivity contribution is 5.76. The third-order valence-electron chi connectivity index (χ3n) is 1.82. The third kappa shape index (κ3) is 3.22. The smallest absolute Gasteiger partial charge is 0.340 e. The first-order valence-electron chi connectivity index (χ1n) is 4.66. The molecule has 0 amide bonds. The third-order valence-corrected chi connectivity index (χ3v) is 1.82. The lowest BCUT2D eigenvalue weighted by Gasteiger charge is -2.07. The van der Waals surface area contributed by atoms with Crippen molar-refractivity contribution in [2.24, 2.45) is 0 Å². The van der Waals surface area contributed by atoms with Gasteiger partial charge in [0.05, 0.1) is 6.26 Å². The van der Waals surface area contributed by atoms with Crippen LogP contribution in [0.4, 0.5) is 0 Å². The van der Waals surface area contributed by atoms with Crippen LogP contribution >= 0.6 is 0 Å². The van der Waals surface area contributed by atoms with Crippen LogP contribution in [0, 0.1) is 0 Å². The van der Waals surface area contributed by atoms with Gasteiger partial charge < -0.3 is 14.3 Å². The molecule has 4 nitrogen and oxygen atoms in total. The molecule has 0 radical (unpaired) electrons. The highest BCUT2D eigenvalue weighted by Gasteiger charge is 2.16. The van der Waals surface area contributed by atoms with Crippen molar-refractivity contribution < 1.29 is 19.1 Å². The van der Waals surface area contributed by atoms with Gasteiger partial charge in [-0.15, -0.1) is 0 Å². The van der Waals surface area contributed by atoms with E-state index in [4.69, 9.17) is 9.15 Å². The van der Waals surface area contributed by atoms with Gasteiger partial charge in [-0.25, -0.2) is 4.79 Å². The summed E-state index contributed by atoms with van der Waals surface area (Å²) in [7, 11) is 0. The van der Waals surface area contributed by atoms with Crippen LogP contribution in [-0.4, -0.2) is 17.2 Å². The van der Waals surface area contributed by atoms with Crippen molar-refractivity contribution in [3.8, 4) is 5.75 Å². The maximum atomic E-state index is 11.2. The van der Waals surface area contributed by atoms with E-state index in [2.05, 4.69) is 0 Å². The Hall–Kier alpha value is -1.29. The van der Waals surface area contributed by atoms with Crippen LogP contribution in [0.15, 0.2) is 23.0 Å². The number of carbonyl (C=O) groups is 1. The van der Waals surface area contributed by atoms with Gasteiger partial charge >= 0.3 is 5.97 Å². The molecule has 0 aliphatic heterocycles. The first kappa shape index (κ1) is 10.8. The molecule has 1 heterocycles.